The number of carbonyl (C=O) groups excluding carboxylic acids is 1. The number of hydrogen-bond donors (Lipinski definition) is 2. The fourth-order valence-corrected chi connectivity index (χ4v) is 3.38. The molecule has 0 unspecified atom stereocenters. The summed E-state index contributed by atoms with van der Waals surface area (Å²) in [5, 5.41) is 6.14. The van der Waals surface area contributed by atoms with Gasteiger partial charge in [-0.3, -0.25) is 10.1 Å². The largest absolute Gasteiger partial charge is 0.372 e. The highest BCUT2D eigenvalue weighted by Crippen LogP contribution is 2.22. The van der Waals surface area contributed by atoms with Crippen LogP contribution in [0.4, 0.5) is 11.4 Å². The SMILES string of the molecule is CCN(CC)c1ccc(NC(=S)NC(=O)c2ccccc2I)c(C)c1. The summed E-state index contributed by atoms with van der Waals surface area (Å²) in [6.07, 6.45) is 0. The molecule has 0 aliphatic rings. The molecule has 0 radical (unpaired) electrons. The predicted molar refractivity (Wildman–Crippen MR) is 118 cm³/mol. The summed E-state index contributed by atoms with van der Waals surface area (Å²) in [4.78, 5) is 14.6. The molecule has 0 aliphatic heterocycles. The van der Waals surface area contributed by atoms with Crippen molar-refractivity contribution in [2.45, 2.75) is 20.8 Å². The van der Waals surface area contributed by atoms with Crippen LogP contribution in [0.3, 0.4) is 0 Å². The molecule has 0 heterocycles. The van der Waals surface area contributed by atoms with Crippen molar-refractivity contribution in [2.75, 3.05) is 23.3 Å². The van der Waals surface area contributed by atoms with Gasteiger partial charge in [-0.2, -0.15) is 0 Å². The number of nitrogens with one attached hydrogen (secondary N) is 2. The van der Waals surface area contributed by atoms with Crippen LogP contribution >= 0.6 is 34.8 Å². The number of nitrogens with zero attached hydrogens (tertiary/aromatic N) is 1. The van der Waals surface area contributed by atoms with Gasteiger partial charge in [0.05, 0.1) is 5.56 Å². The Labute approximate surface area is 168 Å². The number of carbonyl (C=O) groups is 1. The first-order valence-corrected chi connectivity index (χ1v) is 9.67. The summed E-state index contributed by atoms with van der Waals surface area (Å²) < 4.78 is 0.889. The van der Waals surface area contributed by atoms with Crippen LogP contribution < -0.4 is 15.5 Å². The molecule has 0 fully saturated rings. The van der Waals surface area contributed by atoms with Gasteiger partial charge < -0.3 is 10.2 Å². The third kappa shape index (κ3) is 5.15. The zero-order chi connectivity index (χ0) is 18.4. The van der Waals surface area contributed by atoms with Crippen LogP contribution in [-0.2, 0) is 0 Å². The first kappa shape index (κ1) is 19.7. The standard InChI is InChI=1S/C19H22IN3OS/c1-4-23(5-2)14-10-11-17(13(3)12-14)21-19(25)22-18(24)15-8-6-7-9-16(15)20/h6-12H,4-5H2,1-3H3,(H2,21,22,24,25). The Balaban J connectivity index is 2.05. The van der Waals surface area contributed by atoms with E-state index >= 15 is 0 Å². The Morgan fingerprint density at radius 2 is 1.84 bits per heavy atom. The van der Waals surface area contributed by atoms with Gasteiger partial charge in [0.25, 0.3) is 5.91 Å². The smallest absolute Gasteiger partial charge is 0.258 e. The van der Waals surface area contributed by atoms with Crippen molar-refractivity contribution in [1.82, 2.24) is 5.32 Å². The van der Waals surface area contributed by atoms with Gasteiger partial charge in [0.15, 0.2) is 5.11 Å². The Bertz CT molecular complexity index is 775. The minimum absolute atomic E-state index is 0.208. The van der Waals surface area contributed by atoms with Gasteiger partial charge in [-0.1, -0.05) is 12.1 Å². The lowest BCUT2D eigenvalue weighted by atomic mass is 10.1. The average molecular weight is 467 g/mol. The first-order valence-electron chi connectivity index (χ1n) is 8.18. The van der Waals surface area contributed by atoms with E-state index < -0.39 is 0 Å². The van der Waals surface area contributed by atoms with Gasteiger partial charge in [-0.25, -0.2) is 0 Å². The summed E-state index contributed by atoms with van der Waals surface area (Å²) >= 11 is 7.43. The summed E-state index contributed by atoms with van der Waals surface area (Å²) in [6.45, 7) is 8.24. The number of halogens is 1. The summed E-state index contributed by atoms with van der Waals surface area (Å²) in [7, 11) is 0. The van der Waals surface area contributed by atoms with Crippen LogP contribution in [-0.4, -0.2) is 24.1 Å². The maximum Gasteiger partial charge on any atom is 0.258 e. The van der Waals surface area contributed by atoms with E-state index in [0.29, 0.717) is 10.7 Å². The van der Waals surface area contributed by atoms with Crippen LogP contribution in [0.2, 0.25) is 0 Å². The molecule has 25 heavy (non-hydrogen) atoms. The van der Waals surface area contributed by atoms with Crippen molar-refractivity contribution in [3.8, 4) is 0 Å². The molecule has 2 N–H and O–H groups in total. The quantitative estimate of drug-likeness (QED) is 0.500. The van der Waals surface area contributed by atoms with E-state index in [1.807, 2.05) is 31.2 Å². The van der Waals surface area contributed by atoms with Crippen molar-refractivity contribution in [1.29, 1.82) is 0 Å². The number of benzene rings is 2. The van der Waals surface area contributed by atoms with Gasteiger partial charge in [-0.15, -0.1) is 0 Å². The molecule has 4 nitrogen and oxygen atoms in total. The Hall–Kier alpha value is -1.67. The number of amides is 1. The molecule has 1 amide bonds. The number of rotatable bonds is 5. The molecular formula is C19H22IN3OS. The summed E-state index contributed by atoms with van der Waals surface area (Å²) in [6, 6.07) is 13.6. The fourth-order valence-electron chi connectivity index (χ4n) is 2.54. The zero-order valence-electron chi connectivity index (χ0n) is 14.6. The average Bonchev–Trinajstić information content (AvgIpc) is 2.58. The van der Waals surface area contributed by atoms with Crippen molar-refractivity contribution >= 4 is 57.2 Å². The predicted octanol–water partition coefficient (Wildman–Crippen LogP) is 4.57. The van der Waals surface area contributed by atoms with Crippen LogP contribution in [0.15, 0.2) is 42.5 Å². The van der Waals surface area contributed by atoms with Gasteiger partial charge in [0.2, 0.25) is 0 Å². The lowest BCUT2D eigenvalue weighted by Gasteiger charge is -2.22. The summed E-state index contributed by atoms with van der Waals surface area (Å²) in [5.74, 6) is -0.208. The van der Waals surface area contributed by atoms with Crippen molar-refractivity contribution in [3.63, 3.8) is 0 Å². The highest BCUT2D eigenvalue weighted by atomic mass is 127. The number of hydrogen-bond acceptors (Lipinski definition) is 3. The Morgan fingerprint density at radius 3 is 2.44 bits per heavy atom. The van der Waals surface area contributed by atoms with Crippen molar-refractivity contribution in [2.24, 2.45) is 0 Å². The van der Waals surface area contributed by atoms with E-state index in [0.717, 1.165) is 27.9 Å². The highest BCUT2D eigenvalue weighted by Gasteiger charge is 2.12. The number of anilines is 2. The maximum absolute atomic E-state index is 12.3. The zero-order valence-corrected chi connectivity index (χ0v) is 17.6. The second-order valence-corrected chi connectivity index (χ2v) is 7.13. The fraction of sp³-hybridized carbons (Fsp3) is 0.263. The molecule has 6 heteroatoms. The molecule has 0 saturated carbocycles. The van der Waals surface area contributed by atoms with E-state index in [2.05, 4.69) is 64.1 Å². The first-order chi connectivity index (χ1) is 12.0. The molecule has 2 aromatic rings. The molecule has 0 atom stereocenters. The second-order valence-electron chi connectivity index (χ2n) is 5.56. The molecule has 0 aromatic heterocycles. The molecule has 0 spiro atoms. The Morgan fingerprint density at radius 1 is 1.16 bits per heavy atom. The number of thiocarbonyl (C=S) groups is 1. The lowest BCUT2D eigenvalue weighted by Crippen LogP contribution is -2.34. The molecule has 2 aromatic carbocycles. The van der Waals surface area contributed by atoms with E-state index in [1.54, 1.807) is 6.07 Å². The van der Waals surface area contributed by atoms with Gasteiger partial charge in [0.1, 0.15) is 0 Å². The van der Waals surface area contributed by atoms with E-state index in [1.165, 1.54) is 5.69 Å². The van der Waals surface area contributed by atoms with E-state index in [9.17, 15) is 4.79 Å². The third-order valence-corrected chi connectivity index (χ3v) is 5.08. The van der Waals surface area contributed by atoms with Crippen molar-refractivity contribution < 1.29 is 4.79 Å². The Kier molecular flexibility index (Phi) is 7.19. The van der Waals surface area contributed by atoms with Crippen LogP contribution in [0.5, 0.6) is 0 Å². The number of aryl methyl sites for hydroxylation is 1. The third-order valence-electron chi connectivity index (χ3n) is 3.93. The minimum Gasteiger partial charge on any atom is -0.372 e. The molecule has 0 saturated heterocycles. The maximum atomic E-state index is 12.3. The molecular weight excluding hydrogens is 445 g/mol. The normalized spacial score (nSPS) is 10.2. The van der Waals surface area contributed by atoms with Crippen LogP contribution in [0, 0.1) is 10.5 Å². The van der Waals surface area contributed by atoms with Gasteiger partial charge >= 0.3 is 0 Å². The highest BCUT2D eigenvalue weighted by molar-refractivity contribution is 14.1. The monoisotopic (exact) mass is 467 g/mol. The minimum atomic E-state index is -0.208. The van der Waals surface area contributed by atoms with E-state index in [-0.39, 0.29) is 5.91 Å². The molecule has 0 bridgehead atoms. The van der Waals surface area contributed by atoms with Gasteiger partial charge in [-0.05, 0) is 91.5 Å². The van der Waals surface area contributed by atoms with Crippen molar-refractivity contribution in [3.05, 3.63) is 57.2 Å². The topological polar surface area (TPSA) is 44.4 Å². The lowest BCUT2D eigenvalue weighted by molar-refractivity contribution is 0.0977. The second kappa shape index (κ2) is 9.15. The molecule has 2 rings (SSSR count). The van der Waals surface area contributed by atoms with Crippen LogP contribution in [0.25, 0.3) is 0 Å². The molecule has 0 aliphatic carbocycles. The molecule has 132 valence electrons. The summed E-state index contributed by atoms with van der Waals surface area (Å²) in [5.41, 5.74) is 3.77. The van der Waals surface area contributed by atoms with E-state index in [4.69, 9.17) is 12.2 Å². The van der Waals surface area contributed by atoms with Gasteiger partial charge in [0, 0.05) is 28.0 Å². The van der Waals surface area contributed by atoms with Crippen LogP contribution in [0.1, 0.15) is 29.8 Å².